The van der Waals surface area contributed by atoms with Crippen molar-refractivity contribution in [2.45, 2.75) is 112 Å². The van der Waals surface area contributed by atoms with E-state index in [1.165, 1.54) is 51.4 Å². The summed E-state index contributed by atoms with van der Waals surface area (Å²) in [7, 11) is -15.8. The van der Waals surface area contributed by atoms with E-state index < -0.39 is 67.4 Å². The average molecular weight is 688 g/mol. The van der Waals surface area contributed by atoms with Gasteiger partial charge in [0.05, 0.1) is 20.4 Å². The maximum atomic E-state index is 12.6. The minimum Gasteiger partial charge on any atom is -0.744 e. The first-order valence-corrected chi connectivity index (χ1v) is 17.7. The number of amides is 1. The van der Waals surface area contributed by atoms with E-state index in [4.69, 9.17) is 0 Å². The van der Waals surface area contributed by atoms with Crippen molar-refractivity contribution < 1.29 is 132 Å². The van der Waals surface area contributed by atoms with Crippen molar-refractivity contribution >= 4 is 52.7 Å². The number of anilines is 1. The molecule has 0 aliphatic rings. The van der Waals surface area contributed by atoms with Crippen molar-refractivity contribution in [2.24, 2.45) is 0 Å². The van der Waals surface area contributed by atoms with Crippen LogP contribution in [0.15, 0.2) is 39.0 Å². The van der Waals surface area contributed by atoms with Crippen LogP contribution in [0.5, 0.6) is 0 Å². The van der Waals surface area contributed by atoms with Crippen molar-refractivity contribution in [1.82, 2.24) is 0 Å². The summed E-state index contributed by atoms with van der Waals surface area (Å²) in [6, 6.07) is 2.33. The van der Waals surface area contributed by atoms with E-state index >= 15 is 0 Å². The van der Waals surface area contributed by atoms with Crippen molar-refractivity contribution in [3.8, 4) is 0 Å². The Labute approximate surface area is 322 Å². The molecule has 1 N–H and O–H groups in total. The van der Waals surface area contributed by atoms with Crippen LogP contribution >= 0.6 is 0 Å². The second kappa shape index (κ2) is 21.7. The molecule has 0 aliphatic heterocycles. The number of unbranched alkanes of at least 4 members (excludes halogenated alkanes) is 12. The number of hydrogen-bond acceptors (Lipinski definition) is 10. The van der Waals surface area contributed by atoms with Gasteiger partial charge in [-0.3, -0.25) is 4.79 Å². The summed E-state index contributed by atoms with van der Waals surface area (Å²) in [5.41, 5.74) is -0.476. The first-order chi connectivity index (χ1) is 18.6. The number of carbonyl (C=O) groups is 1. The van der Waals surface area contributed by atoms with Gasteiger partial charge in [0.1, 0.15) is 30.4 Å². The van der Waals surface area contributed by atoms with Gasteiger partial charge in [-0.25, -0.2) is 25.3 Å². The molecule has 0 radical (unpaired) electrons. The van der Waals surface area contributed by atoms with Crippen LogP contribution in [0.3, 0.4) is 0 Å². The molecular formula is C26H36NNa3O10S3. The molecule has 0 fully saturated rings. The van der Waals surface area contributed by atoms with Crippen LogP contribution in [-0.4, -0.2) is 44.8 Å². The summed E-state index contributed by atoms with van der Waals surface area (Å²) in [5, 5.41) is 1.33. The molecule has 0 saturated carbocycles. The Kier molecular flexibility index (Phi) is 23.2. The van der Waals surface area contributed by atoms with Gasteiger partial charge in [0.15, 0.2) is 0 Å². The molecule has 1 amide bonds. The van der Waals surface area contributed by atoms with Crippen LogP contribution in [0.25, 0.3) is 10.8 Å². The Balaban J connectivity index is 0. The number of nitrogens with one attached hydrogen (secondary N) is 1. The van der Waals surface area contributed by atoms with Crippen LogP contribution in [-0.2, 0) is 35.1 Å². The molecule has 17 heteroatoms. The smallest absolute Gasteiger partial charge is 0.744 e. The molecule has 0 atom stereocenters. The van der Waals surface area contributed by atoms with Gasteiger partial charge in [0.2, 0.25) is 5.91 Å². The molecule has 43 heavy (non-hydrogen) atoms. The van der Waals surface area contributed by atoms with Crippen molar-refractivity contribution in [3.63, 3.8) is 0 Å². The Morgan fingerprint density at radius 2 is 1.00 bits per heavy atom. The zero-order valence-corrected chi connectivity index (χ0v) is 34.0. The monoisotopic (exact) mass is 687 g/mol. The predicted octanol–water partition coefficient (Wildman–Crippen LogP) is -4.02. The molecule has 2 aromatic rings. The minimum atomic E-state index is -5.39. The Morgan fingerprint density at radius 1 is 0.605 bits per heavy atom. The largest absolute Gasteiger partial charge is 1.00 e. The fraction of sp³-hybridized carbons (Fsp3) is 0.577. The average Bonchev–Trinajstić information content (AvgIpc) is 2.84. The number of rotatable bonds is 18. The van der Waals surface area contributed by atoms with E-state index in [0.717, 1.165) is 25.7 Å². The second-order valence-electron chi connectivity index (χ2n) is 9.89. The number of fused-ring (bicyclic) bond motifs is 1. The molecule has 2 rings (SSSR count). The topological polar surface area (TPSA) is 201 Å². The summed E-state index contributed by atoms with van der Waals surface area (Å²) in [5.74, 6) is -0.625. The third-order valence-corrected chi connectivity index (χ3v) is 9.07. The summed E-state index contributed by atoms with van der Waals surface area (Å²) >= 11 is 0. The zero-order chi connectivity index (χ0) is 30.0. The van der Waals surface area contributed by atoms with Gasteiger partial charge in [0.25, 0.3) is 0 Å². The van der Waals surface area contributed by atoms with Gasteiger partial charge in [-0.15, -0.1) is 0 Å². The van der Waals surface area contributed by atoms with E-state index in [-0.39, 0.29) is 95.1 Å². The van der Waals surface area contributed by atoms with Crippen molar-refractivity contribution in [2.75, 3.05) is 5.32 Å². The molecule has 2 aromatic carbocycles. The van der Waals surface area contributed by atoms with Crippen LogP contribution in [0.4, 0.5) is 5.69 Å². The van der Waals surface area contributed by atoms with Gasteiger partial charge in [0, 0.05) is 11.8 Å². The standard InChI is InChI=1S/C26H39NO10S3.3Na/c1-2-3-4-5-6-7-8-9-10-11-12-13-14-15-25(28)27-23-18-21(38(29,30)31)16-20-17-22(39(32,33)34)19-24(26(20)23)40(35,36)37;;;/h16-19H,2-15H2,1H3,(H,27,28)(H,29,30,31)(H,32,33,34)(H,35,36,37);;;/q;3*+1/p-3. The third kappa shape index (κ3) is 16.5. The fourth-order valence-corrected chi connectivity index (χ4v) is 6.41. The van der Waals surface area contributed by atoms with Gasteiger partial charge in [-0.05, 0) is 36.1 Å². The zero-order valence-electron chi connectivity index (χ0n) is 25.5. The first-order valence-electron chi connectivity index (χ1n) is 13.4. The number of benzene rings is 2. The summed E-state index contributed by atoms with van der Waals surface area (Å²) in [4.78, 5) is 9.42. The summed E-state index contributed by atoms with van der Waals surface area (Å²) in [6.07, 6.45) is 14.3. The van der Waals surface area contributed by atoms with E-state index in [1.807, 2.05) is 0 Å². The molecule has 0 aromatic heterocycles. The first kappa shape index (κ1) is 46.0. The molecule has 0 saturated heterocycles. The van der Waals surface area contributed by atoms with E-state index in [0.29, 0.717) is 30.7 Å². The molecule has 11 nitrogen and oxygen atoms in total. The van der Waals surface area contributed by atoms with E-state index in [2.05, 4.69) is 12.2 Å². The summed E-state index contributed by atoms with van der Waals surface area (Å²) < 4.78 is 105. The van der Waals surface area contributed by atoms with Crippen molar-refractivity contribution in [3.05, 3.63) is 24.3 Å². The fourth-order valence-electron chi connectivity index (χ4n) is 4.52. The molecule has 0 unspecified atom stereocenters. The molecular weight excluding hydrogens is 651 g/mol. The number of carbonyl (C=O) groups excluding carboxylic acids is 1. The van der Waals surface area contributed by atoms with Crippen LogP contribution in [0, 0.1) is 0 Å². The Hall–Kier alpha value is 0.900. The molecule has 0 heterocycles. The normalized spacial score (nSPS) is 11.7. The molecule has 0 aliphatic carbocycles. The molecule has 0 bridgehead atoms. The predicted molar refractivity (Wildman–Crippen MR) is 147 cm³/mol. The molecule has 0 spiro atoms. The Morgan fingerprint density at radius 3 is 1.40 bits per heavy atom. The van der Waals surface area contributed by atoms with Crippen LogP contribution in [0.2, 0.25) is 0 Å². The van der Waals surface area contributed by atoms with Crippen LogP contribution in [0.1, 0.15) is 96.8 Å². The summed E-state index contributed by atoms with van der Waals surface area (Å²) in [6.45, 7) is 2.20. The second-order valence-corrected chi connectivity index (χ2v) is 14.0. The number of hydrogen-bond donors (Lipinski definition) is 1. The van der Waals surface area contributed by atoms with Gasteiger partial charge in [-0.2, -0.15) is 0 Å². The van der Waals surface area contributed by atoms with Gasteiger partial charge in [-0.1, -0.05) is 84.0 Å². The Bertz CT molecular complexity index is 1490. The van der Waals surface area contributed by atoms with E-state index in [9.17, 15) is 43.7 Å². The quantitative estimate of drug-likeness (QED) is 0.0915. The van der Waals surface area contributed by atoms with E-state index in [1.54, 1.807) is 0 Å². The SMILES string of the molecule is CCCCCCCCCCCCCCCC(=O)Nc1cc(S(=O)(=O)[O-])cc2cc(S(=O)(=O)[O-])cc(S(=O)(=O)[O-])c12.[Na+].[Na+].[Na+]. The third-order valence-electron chi connectivity index (χ3n) is 6.59. The molecule has 226 valence electrons. The van der Waals surface area contributed by atoms with Gasteiger partial charge < -0.3 is 19.0 Å². The van der Waals surface area contributed by atoms with Crippen LogP contribution < -0.4 is 94.0 Å². The minimum absolute atomic E-state index is 0. The maximum Gasteiger partial charge on any atom is 1.00 e. The van der Waals surface area contributed by atoms with Gasteiger partial charge >= 0.3 is 88.7 Å². The maximum absolute atomic E-state index is 12.6. The van der Waals surface area contributed by atoms with Crippen molar-refractivity contribution in [1.29, 1.82) is 0 Å².